The SMILES string of the molecule is O=C(C1CCCc2c(O)cccc21)N1CC(O)CC1c1cccc(F)c1. The molecular formula is C21H22FNO3. The maximum atomic E-state index is 13.6. The van der Waals surface area contributed by atoms with Crippen molar-refractivity contribution in [2.24, 2.45) is 0 Å². The molecule has 0 radical (unpaired) electrons. The second kappa shape index (κ2) is 6.72. The summed E-state index contributed by atoms with van der Waals surface area (Å²) in [4.78, 5) is 15.0. The second-order valence-electron chi connectivity index (χ2n) is 7.24. The number of phenolic OH excluding ortho intramolecular Hbond substituents is 1. The van der Waals surface area contributed by atoms with Gasteiger partial charge in [-0.3, -0.25) is 4.79 Å². The number of nitrogens with zero attached hydrogens (tertiary/aromatic N) is 1. The highest BCUT2D eigenvalue weighted by Crippen LogP contribution is 2.41. The van der Waals surface area contributed by atoms with Gasteiger partial charge in [0.25, 0.3) is 0 Å². The number of hydrogen-bond donors (Lipinski definition) is 2. The molecule has 1 saturated heterocycles. The molecule has 2 N–H and O–H groups in total. The number of fused-ring (bicyclic) bond motifs is 1. The minimum absolute atomic E-state index is 0.0534. The van der Waals surface area contributed by atoms with Crippen molar-refractivity contribution in [1.82, 2.24) is 4.90 Å². The van der Waals surface area contributed by atoms with Crippen LogP contribution in [0.3, 0.4) is 0 Å². The van der Waals surface area contributed by atoms with Crippen molar-refractivity contribution < 1.29 is 19.4 Å². The number of rotatable bonds is 2. The lowest BCUT2D eigenvalue weighted by molar-refractivity contribution is -0.134. The first-order chi connectivity index (χ1) is 12.5. The Balaban J connectivity index is 1.66. The highest BCUT2D eigenvalue weighted by molar-refractivity contribution is 5.85. The van der Waals surface area contributed by atoms with Gasteiger partial charge in [-0.2, -0.15) is 0 Å². The highest BCUT2D eigenvalue weighted by Gasteiger charge is 2.40. The maximum Gasteiger partial charge on any atom is 0.230 e. The number of carbonyl (C=O) groups is 1. The van der Waals surface area contributed by atoms with E-state index in [-0.39, 0.29) is 36.0 Å². The number of aliphatic hydroxyl groups excluding tert-OH is 1. The van der Waals surface area contributed by atoms with Gasteiger partial charge in [-0.15, -0.1) is 0 Å². The van der Waals surface area contributed by atoms with E-state index in [4.69, 9.17) is 0 Å². The average molecular weight is 355 g/mol. The van der Waals surface area contributed by atoms with Crippen LogP contribution in [-0.4, -0.2) is 33.7 Å². The summed E-state index contributed by atoms with van der Waals surface area (Å²) in [6.45, 7) is 0.255. The first-order valence-electron chi connectivity index (χ1n) is 9.09. The van der Waals surface area contributed by atoms with Gasteiger partial charge in [0, 0.05) is 6.54 Å². The number of aliphatic hydroxyl groups is 1. The fourth-order valence-corrected chi connectivity index (χ4v) is 4.37. The van der Waals surface area contributed by atoms with E-state index in [1.807, 2.05) is 6.07 Å². The molecule has 1 fully saturated rings. The molecule has 0 bridgehead atoms. The molecule has 0 spiro atoms. The van der Waals surface area contributed by atoms with Gasteiger partial charge < -0.3 is 15.1 Å². The smallest absolute Gasteiger partial charge is 0.230 e. The van der Waals surface area contributed by atoms with E-state index in [0.717, 1.165) is 30.4 Å². The number of halogens is 1. The van der Waals surface area contributed by atoms with Gasteiger partial charge >= 0.3 is 0 Å². The number of β-amino-alcohol motifs (C(OH)–C–C–N with tert-alkyl or cyclic N) is 1. The molecule has 3 atom stereocenters. The Morgan fingerprint density at radius 3 is 2.81 bits per heavy atom. The molecule has 2 aromatic rings. The van der Waals surface area contributed by atoms with Crippen molar-refractivity contribution in [3.05, 3.63) is 65.0 Å². The Kier molecular flexibility index (Phi) is 4.41. The van der Waals surface area contributed by atoms with Gasteiger partial charge in [-0.05, 0) is 60.6 Å². The minimum atomic E-state index is -0.612. The van der Waals surface area contributed by atoms with Crippen LogP contribution in [0.4, 0.5) is 4.39 Å². The monoisotopic (exact) mass is 355 g/mol. The summed E-state index contributed by atoms with van der Waals surface area (Å²) in [5, 5.41) is 20.3. The molecule has 0 aromatic heterocycles. The van der Waals surface area contributed by atoms with Gasteiger partial charge in [-0.1, -0.05) is 24.3 Å². The van der Waals surface area contributed by atoms with Crippen LogP contribution in [0.1, 0.15) is 47.9 Å². The fraction of sp³-hybridized carbons (Fsp3) is 0.381. The van der Waals surface area contributed by atoms with E-state index in [9.17, 15) is 19.4 Å². The van der Waals surface area contributed by atoms with Crippen LogP contribution >= 0.6 is 0 Å². The number of aromatic hydroxyl groups is 1. The lowest BCUT2D eigenvalue weighted by Crippen LogP contribution is -2.37. The van der Waals surface area contributed by atoms with E-state index < -0.39 is 6.10 Å². The summed E-state index contributed by atoms with van der Waals surface area (Å²) >= 11 is 0. The van der Waals surface area contributed by atoms with Crippen LogP contribution in [0.5, 0.6) is 5.75 Å². The van der Waals surface area contributed by atoms with E-state index in [2.05, 4.69) is 0 Å². The molecule has 136 valence electrons. The standard InChI is InChI=1S/C21H22FNO3/c22-14-5-1-4-13(10-14)19-11-15(24)12-23(19)21(26)18-8-2-7-17-16(18)6-3-9-20(17)25/h1,3-6,9-10,15,18-19,24-25H,2,7-8,11-12H2. The van der Waals surface area contributed by atoms with Gasteiger partial charge in [0.05, 0.1) is 18.1 Å². The number of carbonyl (C=O) groups excluding carboxylic acids is 1. The summed E-state index contributed by atoms with van der Waals surface area (Å²) in [6, 6.07) is 11.2. The first-order valence-corrected chi connectivity index (χ1v) is 9.09. The lowest BCUT2D eigenvalue weighted by Gasteiger charge is -2.32. The molecule has 1 heterocycles. The van der Waals surface area contributed by atoms with Crippen molar-refractivity contribution in [1.29, 1.82) is 0 Å². The number of likely N-dealkylation sites (tertiary alicyclic amines) is 1. The zero-order valence-corrected chi connectivity index (χ0v) is 14.4. The topological polar surface area (TPSA) is 60.8 Å². The Bertz CT molecular complexity index is 838. The molecule has 1 amide bonds. The zero-order valence-electron chi connectivity index (χ0n) is 14.4. The van der Waals surface area contributed by atoms with E-state index in [1.165, 1.54) is 12.1 Å². The number of benzene rings is 2. The van der Waals surface area contributed by atoms with Gasteiger partial charge in [-0.25, -0.2) is 4.39 Å². The molecule has 0 saturated carbocycles. The molecule has 1 aliphatic carbocycles. The molecule has 1 aliphatic heterocycles. The molecule has 26 heavy (non-hydrogen) atoms. The van der Waals surface area contributed by atoms with Crippen LogP contribution < -0.4 is 0 Å². The summed E-state index contributed by atoms with van der Waals surface area (Å²) in [5.41, 5.74) is 2.43. The predicted molar refractivity (Wildman–Crippen MR) is 95.3 cm³/mol. The average Bonchev–Trinajstić information content (AvgIpc) is 3.03. The molecule has 2 aromatic carbocycles. The Morgan fingerprint density at radius 2 is 2.00 bits per heavy atom. The molecule has 3 unspecified atom stereocenters. The third-order valence-electron chi connectivity index (χ3n) is 5.58. The minimum Gasteiger partial charge on any atom is -0.508 e. The van der Waals surface area contributed by atoms with Crippen molar-refractivity contribution in [2.45, 2.75) is 43.7 Å². The van der Waals surface area contributed by atoms with Gasteiger partial charge in [0.1, 0.15) is 11.6 Å². The van der Waals surface area contributed by atoms with Gasteiger partial charge in [0.15, 0.2) is 0 Å². The molecule has 4 rings (SSSR count). The number of amides is 1. The predicted octanol–water partition coefficient (Wildman–Crippen LogP) is 3.29. The largest absolute Gasteiger partial charge is 0.508 e. The molecule has 5 heteroatoms. The van der Waals surface area contributed by atoms with Crippen LogP contribution in [-0.2, 0) is 11.2 Å². The van der Waals surface area contributed by atoms with Crippen molar-refractivity contribution in [3.63, 3.8) is 0 Å². The van der Waals surface area contributed by atoms with Crippen molar-refractivity contribution in [2.75, 3.05) is 6.54 Å². The van der Waals surface area contributed by atoms with E-state index in [1.54, 1.807) is 29.2 Å². The Labute approximate surface area is 151 Å². The Morgan fingerprint density at radius 1 is 1.19 bits per heavy atom. The van der Waals surface area contributed by atoms with E-state index in [0.29, 0.717) is 12.0 Å². The summed E-state index contributed by atoms with van der Waals surface area (Å²) in [5.74, 6) is -0.484. The first kappa shape index (κ1) is 17.0. The quantitative estimate of drug-likeness (QED) is 0.869. The van der Waals surface area contributed by atoms with Crippen molar-refractivity contribution in [3.8, 4) is 5.75 Å². The normalized spacial score (nSPS) is 25.2. The molecular weight excluding hydrogens is 333 g/mol. The number of hydrogen-bond acceptors (Lipinski definition) is 3. The fourth-order valence-electron chi connectivity index (χ4n) is 4.37. The third kappa shape index (κ3) is 2.97. The highest BCUT2D eigenvalue weighted by atomic mass is 19.1. The second-order valence-corrected chi connectivity index (χ2v) is 7.24. The molecule has 2 aliphatic rings. The van der Waals surface area contributed by atoms with Crippen LogP contribution in [0.15, 0.2) is 42.5 Å². The maximum absolute atomic E-state index is 13.6. The lowest BCUT2D eigenvalue weighted by atomic mass is 9.81. The summed E-state index contributed by atoms with van der Waals surface area (Å²) in [7, 11) is 0. The van der Waals surface area contributed by atoms with Crippen LogP contribution in [0.25, 0.3) is 0 Å². The van der Waals surface area contributed by atoms with Gasteiger partial charge in [0.2, 0.25) is 5.91 Å². The van der Waals surface area contributed by atoms with E-state index >= 15 is 0 Å². The van der Waals surface area contributed by atoms with Crippen LogP contribution in [0, 0.1) is 5.82 Å². The number of phenols is 1. The zero-order chi connectivity index (χ0) is 18.3. The summed E-state index contributed by atoms with van der Waals surface area (Å²) in [6.07, 6.45) is 2.12. The molecule has 4 nitrogen and oxygen atoms in total. The summed E-state index contributed by atoms with van der Waals surface area (Å²) < 4.78 is 13.6. The third-order valence-corrected chi connectivity index (χ3v) is 5.58. The van der Waals surface area contributed by atoms with Crippen LogP contribution in [0.2, 0.25) is 0 Å². The Hall–Kier alpha value is -2.40. The van der Waals surface area contributed by atoms with Crippen molar-refractivity contribution >= 4 is 5.91 Å².